The third-order valence-corrected chi connectivity index (χ3v) is 3.66. The molecule has 0 spiro atoms. The molecule has 0 saturated carbocycles. The van der Waals surface area contributed by atoms with Gasteiger partial charge in [0.05, 0.1) is 5.88 Å². The molecule has 0 radical (unpaired) electrons. The molecule has 2 rings (SSSR count). The summed E-state index contributed by atoms with van der Waals surface area (Å²) < 4.78 is 1.11. The predicted molar refractivity (Wildman–Crippen MR) is 62.4 cm³/mol. The minimum atomic E-state index is 0.350. The van der Waals surface area contributed by atoms with Crippen LogP contribution in [0.4, 0.5) is 0 Å². The maximum Gasteiger partial charge on any atom is 0.176 e. The highest BCUT2D eigenvalue weighted by Gasteiger charge is 2.10. The first-order valence-corrected chi connectivity index (χ1v) is 5.90. The molecule has 1 aromatic carbocycles. The van der Waals surface area contributed by atoms with Crippen LogP contribution in [0, 0.1) is 0 Å². The maximum atomic E-state index is 9.63. The lowest BCUT2D eigenvalue weighted by atomic mass is 10.1. The molecule has 3 heteroatoms. The molecule has 14 heavy (non-hydrogen) atoms. The van der Waals surface area contributed by atoms with Gasteiger partial charge in [0.2, 0.25) is 0 Å². The molecule has 1 N–H and O–H groups in total. The number of rotatable bonds is 2. The van der Waals surface area contributed by atoms with E-state index in [0.29, 0.717) is 10.9 Å². The predicted octanol–water partition coefficient (Wildman–Crippen LogP) is 3.91. The van der Waals surface area contributed by atoms with E-state index in [1.807, 2.05) is 0 Å². The molecule has 0 saturated heterocycles. The average Bonchev–Trinajstić information content (AvgIpc) is 2.52. The maximum absolute atomic E-state index is 9.63. The van der Waals surface area contributed by atoms with Crippen molar-refractivity contribution < 1.29 is 5.11 Å². The van der Waals surface area contributed by atoms with Crippen molar-refractivity contribution in [1.82, 2.24) is 0 Å². The van der Waals surface area contributed by atoms with Gasteiger partial charge in [-0.05, 0) is 24.1 Å². The van der Waals surface area contributed by atoms with E-state index in [1.165, 1.54) is 16.9 Å². The van der Waals surface area contributed by atoms with Crippen LogP contribution in [0.1, 0.15) is 18.1 Å². The van der Waals surface area contributed by atoms with Crippen LogP contribution in [0.2, 0.25) is 0 Å². The van der Waals surface area contributed by atoms with Crippen molar-refractivity contribution in [2.24, 2.45) is 0 Å². The van der Waals surface area contributed by atoms with E-state index in [4.69, 9.17) is 11.6 Å². The van der Waals surface area contributed by atoms with Crippen molar-refractivity contribution in [3.05, 3.63) is 29.3 Å². The monoisotopic (exact) mass is 226 g/mol. The van der Waals surface area contributed by atoms with Gasteiger partial charge in [0.15, 0.2) is 5.06 Å². The van der Waals surface area contributed by atoms with Gasteiger partial charge in [-0.1, -0.05) is 24.3 Å². The van der Waals surface area contributed by atoms with Gasteiger partial charge in [0.25, 0.3) is 0 Å². The first-order valence-electron chi connectivity index (χ1n) is 4.55. The van der Waals surface area contributed by atoms with Crippen molar-refractivity contribution in [3.63, 3.8) is 0 Å². The van der Waals surface area contributed by atoms with Crippen molar-refractivity contribution in [1.29, 1.82) is 0 Å². The Bertz CT molecular complexity index is 462. The van der Waals surface area contributed by atoms with E-state index in [9.17, 15) is 5.11 Å². The minimum absolute atomic E-state index is 0.350. The van der Waals surface area contributed by atoms with Gasteiger partial charge in [0.1, 0.15) is 0 Å². The van der Waals surface area contributed by atoms with Crippen molar-refractivity contribution in [2.45, 2.75) is 19.2 Å². The fourth-order valence-corrected chi connectivity index (χ4v) is 2.82. The lowest BCUT2D eigenvalue weighted by molar-refractivity contribution is 0.487. The van der Waals surface area contributed by atoms with Crippen LogP contribution < -0.4 is 0 Å². The summed E-state index contributed by atoms with van der Waals surface area (Å²) in [6.45, 7) is 2.12. The quantitative estimate of drug-likeness (QED) is 0.770. The Labute approximate surface area is 91.9 Å². The molecule has 0 aliphatic heterocycles. The number of hydrogen-bond acceptors (Lipinski definition) is 2. The number of benzene rings is 1. The van der Waals surface area contributed by atoms with E-state index in [1.54, 1.807) is 0 Å². The van der Waals surface area contributed by atoms with Crippen molar-refractivity contribution in [3.8, 4) is 5.06 Å². The van der Waals surface area contributed by atoms with E-state index in [2.05, 4.69) is 25.1 Å². The zero-order valence-corrected chi connectivity index (χ0v) is 9.45. The van der Waals surface area contributed by atoms with Crippen LogP contribution in [0.25, 0.3) is 10.1 Å². The third kappa shape index (κ3) is 1.49. The second-order valence-electron chi connectivity index (χ2n) is 3.20. The fraction of sp³-hybridized carbons (Fsp3) is 0.273. The highest BCUT2D eigenvalue weighted by molar-refractivity contribution is 7.20. The van der Waals surface area contributed by atoms with E-state index < -0.39 is 0 Å². The molecule has 0 amide bonds. The standard InChI is InChI=1S/C11H11ClOS/c1-2-7-3-4-10-8(5-7)9(6-12)11(13)14-10/h3-5,13H,2,6H2,1H3. The first-order chi connectivity index (χ1) is 6.76. The second-order valence-corrected chi connectivity index (χ2v) is 4.50. The SMILES string of the molecule is CCc1ccc2sc(O)c(CCl)c2c1. The van der Waals surface area contributed by atoms with Gasteiger partial charge in [-0.25, -0.2) is 0 Å². The molecule has 2 aromatic rings. The second kappa shape index (κ2) is 3.79. The molecule has 0 unspecified atom stereocenters. The molecule has 0 aliphatic carbocycles. The molecule has 74 valence electrons. The smallest absolute Gasteiger partial charge is 0.176 e. The highest BCUT2D eigenvalue weighted by Crippen LogP contribution is 2.37. The molecule has 0 bridgehead atoms. The first kappa shape index (κ1) is 9.81. The van der Waals surface area contributed by atoms with Gasteiger partial charge in [-0.15, -0.1) is 11.6 Å². The Morgan fingerprint density at radius 3 is 2.86 bits per heavy atom. The van der Waals surface area contributed by atoms with E-state index in [-0.39, 0.29) is 0 Å². The van der Waals surface area contributed by atoms with Gasteiger partial charge in [-0.2, -0.15) is 0 Å². The molecule has 0 atom stereocenters. The molecule has 0 fully saturated rings. The highest BCUT2D eigenvalue weighted by atomic mass is 35.5. The lowest BCUT2D eigenvalue weighted by Crippen LogP contribution is -1.80. The summed E-state index contributed by atoms with van der Waals surface area (Å²) in [5.74, 6) is 0.374. The van der Waals surface area contributed by atoms with Crippen LogP contribution in [0.3, 0.4) is 0 Å². The topological polar surface area (TPSA) is 20.2 Å². The van der Waals surface area contributed by atoms with Crippen LogP contribution in [-0.2, 0) is 12.3 Å². The third-order valence-electron chi connectivity index (χ3n) is 2.38. The molecule has 1 nitrogen and oxygen atoms in total. The Balaban J connectivity index is 2.71. The number of aromatic hydroxyl groups is 1. The van der Waals surface area contributed by atoms with Gasteiger partial charge < -0.3 is 5.11 Å². The number of aryl methyl sites for hydroxylation is 1. The number of thiophene rings is 1. The summed E-state index contributed by atoms with van der Waals surface area (Å²) in [6.07, 6.45) is 1.01. The van der Waals surface area contributed by atoms with Crippen LogP contribution in [-0.4, -0.2) is 5.11 Å². The van der Waals surface area contributed by atoms with Gasteiger partial charge in [0, 0.05) is 15.6 Å². The van der Waals surface area contributed by atoms with E-state index >= 15 is 0 Å². The zero-order valence-electron chi connectivity index (χ0n) is 7.88. The Kier molecular flexibility index (Phi) is 2.66. The molecule has 0 aliphatic rings. The average molecular weight is 227 g/mol. The zero-order chi connectivity index (χ0) is 10.1. The summed E-state index contributed by atoms with van der Waals surface area (Å²) in [7, 11) is 0. The number of hydrogen-bond donors (Lipinski definition) is 1. The normalized spacial score (nSPS) is 11.0. The molecule has 1 aromatic heterocycles. The summed E-state index contributed by atoms with van der Waals surface area (Å²) in [5.41, 5.74) is 2.14. The summed E-state index contributed by atoms with van der Waals surface area (Å²) in [6, 6.07) is 6.26. The number of fused-ring (bicyclic) bond motifs is 1. The van der Waals surface area contributed by atoms with Gasteiger partial charge >= 0.3 is 0 Å². The summed E-state index contributed by atoms with van der Waals surface area (Å²) in [4.78, 5) is 0. The van der Waals surface area contributed by atoms with Crippen LogP contribution in [0.15, 0.2) is 18.2 Å². The number of alkyl halides is 1. The Morgan fingerprint density at radius 2 is 2.21 bits per heavy atom. The number of halogens is 1. The lowest BCUT2D eigenvalue weighted by Gasteiger charge is -1.97. The largest absolute Gasteiger partial charge is 0.499 e. The molecule has 1 heterocycles. The van der Waals surface area contributed by atoms with Gasteiger partial charge in [-0.3, -0.25) is 0 Å². The van der Waals surface area contributed by atoms with Crippen molar-refractivity contribution >= 4 is 33.0 Å². The van der Waals surface area contributed by atoms with Crippen molar-refractivity contribution in [2.75, 3.05) is 0 Å². The summed E-state index contributed by atoms with van der Waals surface area (Å²) in [5, 5.41) is 11.1. The Hall–Kier alpha value is -0.730. The molecular formula is C11H11ClOS. The fourth-order valence-electron chi connectivity index (χ4n) is 1.53. The Morgan fingerprint density at radius 1 is 1.43 bits per heavy atom. The summed E-state index contributed by atoms with van der Waals surface area (Å²) >= 11 is 7.19. The minimum Gasteiger partial charge on any atom is -0.499 e. The molecular weight excluding hydrogens is 216 g/mol. The van der Waals surface area contributed by atoms with Crippen LogP contribution in [0.5, 0.6) is 5.06 Å². The van der Waals surface area contributed by atoms with E-state index in [0.717, 1.165) is 22.1 Å². The van der Waals surface area contributed by atoms with Crippen LogP contribution >= 0.6 is 22.9 Å².